The van der Waals surface area contributed by atoms with Crippen LogP contribution in [0.5, 0.6) is 0 Å². The number of Topliss-reactive ketones (excluding diaryl/α,β-unsaturated/α-hetero) is 1. The topological polar surface area (TPSA) is 17.1 Å². The van der Waals surface area contributed by atoms with E-state index in [0.29, 0.717) is 5.57 Å². The van der Waals surface area contributed by atoms with Gasteiger partial charge in [-0.3, -0.25) is 4.79 Å². The number of aryl methyl sites for hydroxylation is 1. The molecule has 1 nitrogen and oxygen atoms in total. The Hall–Kier alpha value is -2.59. The molecule has 0 saturated carbocycles. The van der Waals surface area contributed by atoms with E-state index in [1.54, 1.807) is 6.92 Å². The second-order valence-electron chi connectivity index (χ2n) is 4.64. The van der Waals surface area contributed by atoms with Gasteiger partial charge in [0.1, 0.15) is 0 Å². The summed E-state index contributed by atoms with van der Waals surface area (Å²) in [7, 11) is 0. The van der Waals surface area contributed by atoms with Crippen molar-refractivity contribution in [2.75, 3.05) is 0 Å². The third-order valence-corrected chi connectivity index (χ3v) is 2.88. The molecular weight excluding hydrogens is 244 g/mol. The summed E-state index contributed by atoms with van der Waals surface area (Å²) in [5.74, 6) is 5.96. The Morgan fingerprint density at radius 1 is 1.00 bits per heavy atom. The average Bonchev–Trinajstić information content (AvgIpc) is 2.46. The van der Waals surface area contributed by atoms with E-state index < -0.39 is 0 Å². The molecule has 2 aromatic rings. The van der Waals surface area contributed by atoms with Crippen LogP contribution >= 0.6 is 0 Å². The Morgan fingerprint density at radius 3 is 2.25 bits per heavy atom. The summed E-state index contributed by atoms with van der Waals surface area (Å²) in [6.45, 7) is 3.58. The van der Waals surface area contributed by atoms with E-state index >= 15 is 0 Å². The van der Waals surface area contributed by atoms with Crippen LogP contribution < -0.4 is 0 Å². The summed E-state index contributed by atoms with van der Waals surface area (Å²) in [5, 5.41) is 0. The van der Waals surface area contributed by atoms with Crippen LogP contribution in [0.1, 0.15) is 23.6 Å². The molecule has 0 spiro atoms. The number of ketones is 1. The molecule has 2 aromatic carbocycles. The first-order chi connectivity index (χ1) is 9.65. The van der Waals surface area contributed by atoms with Gasteiger partial charge in [0.05, 0.1) is 5.57 Å². The number of rotatable bonds is 2. The molecular formula is C19H16O. The molecule has 0 radical (unpaired) electrons. The second kappa shape index (κ2) is 6.54. The maximum Gasteiger partial charge on any atom is 0.168 e. The van der Waals surface area contributed by atoms with Gasteiger partial charge in [-0.1, -0.05) is 59.9 Å². The minimum absolute atomic E-state index is 0.0194. The van der Waals surface area contributed by atoms with Crippen molar-refractivity contribution in [1.82, 2.24) is 0 Å². The van der Waals surface area contributed by atoms with Crippen LogP contribution in [0.25, 0.3) is 6.08 Å². The van der Waals surface area contributed by atoms with Crippen molar-refractivity contribution < 1.29 is 4.79 Å². The minimum atomic E-state index is -0.0194. The van der Waals surface area contributed by atoms with Crippen molar-refractivity contribution in [1.29, 1.82) is 0 Å². The molecule has 0 bridgehead atoms. The Bertz CT molecular complexity index is 680. The Kier molecular flexibility index (Phi) is 4.52. The third kappa shape index (κ3) is 3.96. The molecule has 0 amide bonds. The molecule has 0 heterocycles. The zero-order chi connectivity index (χ0) is 14.4. The molecule has 0 aliphatic carbocycles. The highest BCUT2D eigenvalue weighted by atomic mass is 16.1. The van der Waals surface area contributed by atoms with Gasteiger partial charge >= 0.3 is 0 Å². The molecule has 98 valence electrons. The van der Waals surface area contributed by atoms with Crippen molar-refractivity contribution in [2.45, 2.75) is 13.8 Å². The highest BCUT2D eigenvalue weighted by Crippen LogP contribution is 2.09. The smallest absolute Gasteiger partial charge is 0.168 e. The SMILES string of the molecule is CC(=O)/C(C#Cc1ccccc1)=C/c1ccc(C)cc1. The second-order valence-corrected chi connectivity index (χ2v) is 4.64. The van der Waals surface area contributed by atoms with Crippen molar-refractivity contribution in [3.63, 3.8) is 0 Å². The van der Waals surface area contributed by atoms with Crippen LogP contribution in [0.4, 0.5) is 0 Å². The lowest BCUT2D eigenvalue weighted by atomic mass is 10.1. The lowest BCUT2D eigenvalue weighted by Gasteiger charge is -1.97. The quantitative estimate of drug-likeness (QED) is 0.589. The molecule has 0 atom stereocenters. The predicted molar refractivity (Wildman–Crippen MR) is 83.2 cm³/mol. The number of carbonyl (C=O) groups is 1. The number of hydrogen-bond acceptors (Lipinski definition) is 1. The standard InChI is InChI=1S/C19H16O/c1-15-8-10-18(11-9-15)14-19(16(2)20)13-12-17-6-4-3-5-7-17/h3-11,14H,1-2H3/b19-14+. The van der Waals surface area contributed by atoms with Crippen molar-refractivity contribution in [2.24, 2.45) is 0 Å². The monoisotopic (exact) mass is 260 g/mol. The van der Waals surface area contributed by atoms with E-state index in [-0.39, 0.29) is 5.78 Å². The lowest BCUT2D eigenvalue weighted by molar-refractivity contribution is -0.113. The van der Waals surface area contributed by atoms with Crippen molar-refractivity contribution in [3.05, 3.63) is 76.9 Å². The maximum atomic E-state index is 11.7. The summed E-state index contributed by atoms with van der Waals surface area (Å²) < 4.78 is 0. The fourth-order valence-corrected chi connectivity index (χ4v) is 1.72. The zero-order valence-electron chi connectivity index (χ0n) is 11.7. The van der Waals surface area contributed by atoms with Crippen LogP contribution in [0, 0.1) is 18.8 Å². The van der Waals surface area contributed by atoms with Gasteiger partial charge in [0.25, 0.3) is 0 Å². The molecule has 0 aliphatic heterocycles. The normalized spacial score (nSPS) is 10.6. The van der Waals surface area contributed by atoms with E-state index in [2.05, 4.69) is 11.8 Å². The van der Waals surface area contributed by atoms with Crippen LogP contribution in [-0.4, -0.2) is 5.78 Å². The summed E-state index contributed by atoms with van der Waals surface area (Å²) in [4.78, 5) is 11.7. The van der Waals surface area contributed by atoms with E-state index in [1.807, 2.05) is 67.6 Å². The summed E-state index contributed by atoms with van der Waals surface area (Å²) in [6.07, 6.45) is 1.83. The summed E-state index contributed by atoms with van der Waals surface area (Å²) in [6, 6.07) is 17.7. The highest BCUT2D eigenvalue weighted by Gasteiger charge is 2.00. The van der Waals surface area contributed by atoms with Gasteiger partial charge in [0.2, 0.25) is 0 Å². The van der Waals surface area contributed by atoms with Gasteiger partial charge < -0.3 is 0 Å². The van der Waals surface area contributed by atoms with E-state index in [1.165, 1.54) is 5.56 Å². The van der Waals surface area contributed by atoms with Gasteiger partial charge in [-0.2, -0.15) is 0 Å². The summed E-state index contributed by atoms with van der Waals surface area (Å²) in [5.41, 5.74) is 3.62. The molecule has 20 heavy (non-hydrogen) atoms. The minimum Gasteiger partial charge on any atom is -0.294 e. The summed E-state index contributed by atoms with van der Waals surface area (Å²) >= 11 is 0. The molecule has 0 N–H and O–H groups in total. The van der Waals surface area contributed by atoms with Gasteiger partial charge in [-0.15, -0.1) is 0 Å². The van der Waals surface area contributed by atoms with Crippen molar-refractivity contribution >= 4 is 11.9 Å². The van der Waals surface area contributed by atoms with Gasteiger partial charge in [0, 0.05) is 5.56 Å². The Morgan fingerprint density at radius 2 is 1.65 bits per heavy atom. The van der Waals surface area contributed by atoms with Gasteiger partial charge in [-0.25, -0.2) is 0 Å². The fourth-order valence-electron chi connectivity index (χ4n) is 1.72. The number of allylic oxidation sites excluding steroid dienone is 1. The lowest BCUT2D eigenvalue weighted by Crippen LogP contribution is -1.93. The first kappa shape index (κ1) is 13.8. The van der Waals surface area contributed by atoms with Crippen LogP contribution in [0.3, 0.4) is 0 Å². The first-order valence-electron chi connectivity index (χ1n) is 6.51. The first-order valence-corrected chi connectivity index (χ1v) is 6.51. The Labute approximate surface area is 120 Å². The number of benzene rings is 2. The molecule has 0 saturated heterocycles. The fraction of sp³-hybridized carbons (Fsp3) is 0.105. The van der Waals surface area contributed by atoms with Gasteiger partial charge in [0.15, 0.2) is 5.78 Å². The van der Waals surface area contributed by atoms with E-state index in [0.717, 1.165) is 11.1 Å². The number of hydrogen-bond donors (Lipinski definition) is 0. The Balaban J connectivity index is 2.31. The van der Waals surface area contributed by atoms with Crippen LogP contribution in [-0.2, 0) is 4.79 Å². The maximum absolute atomic E-state index is 11.7. The molecule has 0 fully saturated rings. The molecule has 0 aliphatic rings. The number of carbonyl (C=O) groups excluding carboxylic acids is 1. The molecule has 0 unspecified atom stereocenters. The molecule has 0 aromatic heterocycles. The van der Waals surface area contributed by atoms with E-state index in [9.17, 15) is 4.79 Å². The zero-order valence-corrected chi connectivity index (χ0v) is 11.7. The molecule has 2 rings (SSSR count). The largest absolute Gasteiger partial charge is 0.294 e. The van der Waals surface area contributed by atoms with Gasteiger partial charge in [-0.05, 0) is 37.6 Å². The van der Waals surface area contributed by atoms with Crippen LogP contribution in [0.2, 0.25) is 0 Å². The van der Waals surface area contributed by atoms with Crippen molar-refractivity contribution in [3.8, 4) is 11.8 Å². The third-order valence-electron chi connectivity index (χ3n) is 2.88. The predicted octanol–water partition coefficient (Wildman–Crippen LogP) is 4.02. The molecule has 1 heteroatoms. The van der Waals surface area contributed by atoms with Crippen LogP contribution in [0.15, 0.2) is 60.2 Å². The highest BCUT2D eigenvalue weighted by molar-refractivity contribution is 6.02. The average molecular weight is 260 g/mol. The van der Waals surface area contributed by atoms with E-state index in [4.69, 9.17) is 0 Å².